The molecule has 3 aliphatic rings. The van der Waals surface area contributed by atoms with Gasteiger partial charge in [0.05, 0.1) is 22.3 Å². The number of hydrogen-bond acceptors (Lipinski definition) is 3. The molecule has 1 atom stereocenters. The highest BCUT2D eigenvalue weighted by Crippen LogP contribution is 2.45. The summed E-state index contributed by atoms with van der Waals surface area (Å²) in [6, 6.07) is 1.97. The first-order valence-corrected chi connectivity index (χ1v) is 8.58. The molecule has 0 aromatic heterocycles. The number of rotatable bonds is 3. The van der Waals surface area contributed by atoms with Gasteiger partial charge in [0.2, 0.25) is 5.91 Å². The molecule has 0 radical (unpaired) electrons. The molecule has 22 heavy (non-hydrogen) atoms. The number of hydrogen-bond donors (Lipinski definition) is 1. The summed E-state index contributed by atoms with van der Waals surface area (Å²) in [5.41, 5.74) is 2.13. The first-order chi connectivity index (χ1) is 10.6. The van der Waals surface area contributed by atoms with E-state index in [9.17, 15) is 4.79 Å². The molecule has 1 aromatic rings. The second kappa shape index (κ2) is 5.50. The van der Waals surface area contributed by atoms with Crippen LogP contribution in [0.2, 0.25) is 10.0 Å². The van der Waals surface area contributed by atoms with Crippen LogP contribution < -0.4 is 15.0 Å². The summed E-state index contributed by atoms with van der Waals surface area (Å²) in [7, 11) is 0. The molecule has 2 heterocycles. The molecule has 2 aliphatic heterocycles. The van der Waals surface area contributed by atoms with E-state index in [-0.39, 0.29) is 17.9 Å². The maximum Gasteiger partial charge on any atom is 0.223 e. The van der Waals surface area contributed by atoms with Crippen LogP contribution in [0.15, 0.2) is 6.07 Å². The van der Waals surface area contributed by atoms with Gasteiger partial charge in [0.1, 0.15) is 5.75 Å². The molecule has 6 heteroatoms. The van der Waals surface area contributed by atoms with E-state index in [2.05, 4.69) is 10.2 Å². The standard InChI is InChI=1S/C16H18Cl2N2O2/c17-12-7-13(18)15-11(4-6-22-15)14(12)20-5-3-10(8-20)19-16(21)9-1-2-9/h7,9-10H,1-6,8H2,(H,19,21). The predicted molar refractivity (Wildman–Crippen MR) is 87.1 cm³/mol. The number of amides is 1. The van der Waals surface area contributed by atoms with Crippen molar-refractivity contribution in [1.82, 2.24) is 5.32 Å². The number of fused-ring (bicyclic) bond motifs is 1. The Bertz CT molecular complexity index is 631. The maximum absolute atomic E-state index is 11.9. The number of ether oxygens (including phenoxy) is 1. The topological polar surface area (TPSA) is 41.6 Å². The smallest absolute Gasteiger partial charge is 0.223 e. The van der Waals surface area contributed by atoms with Gasteiger partial charge < -0.3 is 15.0 Å². The Morgan fingerprint density at radius 3 is 2.86 bits per heavy atom. The fourth-order valence-corrected chi connectivity index (χ4v) is 4.05. The minimum Gasteiger partial charge on any atom is -0.491 e. The second-order valence-corrected chi connectivity index (χ2v) is 7.12. The van der Waals surface area contributed by atoms with Gasteiger partial charge in [-0.25, -0.2) is 0 Å². The van der Waals surface area contributed by atoms with Gasteiger partial charge in [0.15, 0.2) is 0 Å². The number of nitrogens with one attached hydrogen (secondary N) is 1. The summed E-state index contributed by atoms with van der Waals surface area (Å²) in [5, 5.41) is 4.41. The maximum atomic E-state index is 11.9. The van der Waals surface area contributed by atoms with E-state index in [1.807, 2.05) is 0 Å². The minimum absolute atomic E-state index is 0.206. The fourth-order valence-electron chi connectivity index (χ4n) is 3.37. The SMILES string of the molecule is O=C(NC1CCN(c2c(Cl)cc(Cl)c3c2CCO3)C1)C1CC1. The van der Waals surface area contributed by atoms with Crippen molar-refractivity contribution in [2.75, 3.05) is 24.6 Å². The molecule has 1 unspecified atom stereocenters. The highest BCUT2D eigenvalue weighted by atomic mass is 35.5. The fraction of sp³-hybridized carbons (Fsp3) is 0.562. The number of benzene rings is 1. The zero-order valence-electron chi connectivity index (χ0n) is 12.2. The average Bonchev–Trinajstić information content (AvgIpc) is 3.05. The molecule has 0 spiro atoms. The zero-order valence-corrected chi connectivity index (χ0v) is 13.7. The highest BCUT2D eigenvalue weighted by molar-refractivity contribution is 6.37. The molecule has 4 rings (SSSR count). The van der Waals surface area contributed by atoms with E-state index in [1.165, 1.54) is 0 Å². The summed E-state index contributed by atoms with van der Waals surface area (Å²) in [6.07, 6.45) is 3.86. The van der Waals surface area contributed by atoms with E-state index in [4.69, 9.17) is 27.9 Å². The number of halogens is 2. The molecule has 1 aliphatic carbocycles. The number of nitrogens with zero attached hydrogens (tertiary/aromatic N) is 1. The van der Waals surface area contributed by atoms with E-state index in [1.54, 1.807) is 6.07 Å². The lowest BCUT2D eigenvalue weighted by molar-refractivity contribution is -0.122. The van der Waals surface area contributed by atoms with Crippen LogP contribution in [0, 0.1) is 5.92 Å². The van der Waals surface area contributed by atoms with Crippen LogP contribution in [-0.4, -0.2) is 31.6 Å². The monoisotopic (exact) mass is 340 g/mol. The first-order valence-electron chi connectivity index (χ1n) is 7.82. The molecule has 118 valence electrons. The normalized spacial score (nSPS) is 23.4. The third kappa shape index (κ3) is 2.52. The molecule has 1 N–H and O–H groups in total. The van der Waals surface area contributed by atoms with Crippen molar-refractivity contribution in [2.45, 2.75) is 31.7 Å². The average molecular weight is 341 g/mol. The molecule has 0 bridgehead atoms. The Balaban J connectivity index is 1.53. The van der Waals surface area contributed by atoms with E-state index < -0.39 is 0 Å². The second-order valence-electron chi connectivity index (χ2n) is 6.31. The Labute approximate surface area is 139 Å². The quantitative estimate of drug-likeness (QED) is 0.919. The third-order valence-corrected chi connectivity index (χ3v) is 5.22. The predicted octanol–water partition coefficient (Wildman–Crippen LogP) is 3.03. The van der Waals surface area contributed by atoms with Gasteiger partial charge in [-0.2, -0.15) is 0 Å². The van der Waals surface area contributed by atoms with Crippen molar-refractivity contribution in [3.05, 3.63) is 21.7 Å². The van der Waals surface area contributed by atoms with Crippen LogP contribution in [0.1, 0.15) is 24.8 Å². The van der Waals surface area contributed by atoms with E-state index in [0.717, 1.165) is 55.8 Å². The molecular weight excluding hydrogens is 323 g/mol. The lowest BCUT2D eigenvalue weighted by atomic mass is 10.1. The first kappa shape index (κ1) is 14.5. The van der Waals surface area contributed by atoms with Crippen LogP contribution in [0.4, 0.5) is 5.69 Å². The van der Waals surface area contributed by atoms with Crippen molar-refractivity contribution in [1.29, 1.82) is 0 Å². The molecule has 2 fully saturated rings. The summed E-state index contributed by atoms with van der Waals surface area (Å²) in [5.74, 6) is 1.24. The summed E-state index contributed by atoms with van der Waals surface area (Å²) >= 11 is 12.6. The molecule has 1 saturated carbocycles. The zero-order chi connectivity index (χ0) is 15.3. The van der Waals surface area contributed by atoms with Gasteiger partial charge in [-0.1, -0.05) is 23.2 Å². The van der Waals surface area contributed by atoms with Gasteiger partial charge in [0, 0.05) is 37.0 Å². The van der Waals surface area contributed by atoms with Crippen LogP contribution in [0.25, 0.3) is 0 Å². The van der Waals surface area contributed by atoms with Crippen molar-refractivity contribution in [2.24, 2.45) is 5.92 Å². The minimum atomic E-state index is 0.206. The van der Waals surface area contributed by atoms with E-state index in [0.29, 0.717) is 16.7 Å². The van der Waals surface area contributed by atoms with Crippen molar-refractivity contribution in [3.63, 3.8) is 0 Å². The van der Waals surface area contributed by atoms with Crippen LogP contribution in [0.3, 0.4) is 0 Å². The van der Waals surface area contributed by atoms with Crippen LogP contribution in [0.5, 0.6) is 5.75 Å². The lowest BCUT2D eigenvalue weighted by Crippen LogP contribution is -2.38. The molecule has 1 saturated heterocycles. The van der Waals surface area contributed by atoms with Gasteiger partial charge in [0.25, 0.3) is 0 Å². The van der Waals surface area contributed by atoms with Crippen molar-refractivity contribution < 1.29 is 9.53 Å². The van der Waals surface area contributed by atoms with Crippen LogP contribution in [-0.2, 0) is 11.2 Å². The summed E-state index contributed by atoms with van der Waals surface area (Å²) in [4.78, 5) is 14.2. The lowest BCUT2D eigenvalue weighted by Gasteiger charge is -2.23. The Hall–Kier alpha value is -1.13. The van der Waals surface area contributed by atoms with Gasteiger partial charge in [-0.05, 0) is 25.3 Å². The van der Waals surface area contributed by atoms with E-state index >= 15 is 0 Å². The number of anilines is 1. The van der Waals surface area contributed by atoms with Gasteiger partial charge in [-0.15, -0.1) is 0 Å². The summed E-state index contributed by atoms with van der Waals surface area (Å²) in [6.45, 7) is 2.34. The molecular formula is C16H18Cl2N2O2. The number of carbonyl (C=O) groups is 1. The number of carbonyl (C=O) groups excluding carboxylic acids is 1. The Morgan fingerprint density at radius 1 is 1.27 bits per heavy atom. The van der Waals surface area contributed by atoms with Crippen LogP contribution >= 0.6 is 23.2 Å². The summed E-state index contributed by atoms with van der Waals surface area (Å²) < 4.78 is 5.63. The Kier molecular flexibility index (Phi) is 3.61. The molecule has 4 nitrogen and oxygen atoms in total. The largest absolute Gasteiger partial charge is 0.491 e. The van der Waals surface area contributed by atoms with Crippen molar-refractivity contribution in [3.8, 4) is 5.75 Å². The molecule has 1 amide bonds. The third-order valence-electron chi connectivity index (χ3n) is 4.65. The van der Waals surface area contributed by atoms with Crippen molar-refractivity contribution >= 4 is 34.8 Å². The highest BCUT2D eigenvalue weighted by Gasteiger charge is 2.34. The Morgan fingerprint density at radius 2 is 2.09 bits per heavy atom. The molecule has 1 aromatic carbocycles. The van der Waals surface area contributed by atoms with Gasteiger partial charge >= 0.3 is 0 Å². The van der Waals surface area contributed by atoms with Gasteiger partial charge in [-0.3, -0.25) is 4.79 Å².